The highest BCUT2D eigenvalue weighted by Crippen LogP contribution is 2.21. The fourth-order valence-electron chi connectivity index (χ4n) is 3.94. The van der Waals surface area contributed by atoms with Gasteiger partial charge in [-0.3, -0.25) is 4.90 Å². The first-order chi connectivity index (χ1) is 15.6. The van der Waals surface area contributed by atoms with Crippen molar-refractivity contribution in [3.63, 3.8) is 0 Å². The molecule has 2 aromatic carbocycles. The maximum atomic E-state index is 9.78. The Morgan fingerprint density at radius 3 is 2.44 bits per heavy atom. The lowest BCUT2D eigenvalue weighted by atomic mass is 9.99. The number of ether oxygens (including phenoxy) is 1. The van der Waals surface area contributed by atoms with Gasteiger partial charge in [-0.15, -0.1) is 0 Å². The lowest BCUT2D eigenvalue weighted by molar-refractivity contribution is 0.0177. The third kappa shape index (κ3) is 7.83. The Morgan fingerprint density at radius 2 is 1.81 bits per heavy atom. The van der Waals surface area contributed by atoms with Crippen molar-refractivity contribution < 1.29 is 14.9 Å². The number of anilines is 1. The van der Waals surface area contributed by atoms with E-state index in [1.807, 2.05) is 26.0 Å². The number of methoxy groups -OCH3 is 1. The summed E-state index contributed by atoms with van der Waals surface area (Å²) >= 11 is 0. The molecule has 0 spiro atoms. The highest BCUT2D eigenvalue weighted by molar-refractivity contribution is 5.54. The van der Waals surface area contributed by atoms with Gasteiger partial charge in [-0.25, -0.2) is 0 Å². The number of piperidine rings is 1. The Hall–Kier alpha value is -2.59. The largest absolute Gasteiger partial charge is 0.497 e. The van der Waals surface area contributed by atoms with Gasteiger partial charge in [0.15, 0.2) is 0 Å². The molecule has 1 saturated heterocycles. The summed E-state index contributed by atoms with van der Waals surface area (Å²) in [6.07, 6.45) is 2.98. The molecule has 1 aliphatic rings. The molecule has 0 bridgehead atoms. The van der Waals surface area contributed by atoms with E-state index < -0.39 is 0 Å². The van der Waals surface area contributed by atoms with Crippen molar-refractivity contribution >= 4 is 5.69 Å². The zero-order valence-corrected chi connectivity index (χ0v) is 19.6. The SMILES string of the molecule is CC.COc1cc(C#N)cc(NCCc2ccc(CCN3CCC(O)CC3CO)cc2)c1. The van der Waals surface area contributed by atoms with Crippen LogP contribution in [0.2, 0.25) is 0 Å². The van der Waals surface area contributed by atoms with Crippen LogP contribution in [-0.4, -0.2) is 60.6 Å². The molecule has 2 aromatic rings. The summed E-state index contributed by atoms with van der Waals surface area (Å²) in [5, 5.41) is 31.8. The molecule has 0 radical (unpaired) electrons. The summed E-state index contributed by atoms with van der Waals surface area (Å²) in [4.78, 5) is 2.29. The van der Waals surface area contributed by atoms with Crippen LogP contribution in [0.15, 0.2) is 42.5 Å². The molecule has 3 rings (SSSR count). The molecule has 1 heterocycles. The standard InChI is InChI=1S/C24H31N3O3.C2H6/c1-30-24-13-20(16-25)12-21(14-24)26-9-6-18-2-4-19(5-3-18)7-10-27-11-8-23(29)15-22(27)17-28;1-2/h2-5,12-14,22-23,26,28-29H,6-11,15,17H2,1H3;1-2H3. The summed E-state index contributed by atoms with van der Waals surface area (Å²) in [7, 11) is 1.60. The normalized spacial score (nSPS) is 18.2. The van der Waals surface area contributed by atoms with Gasteiger partial charge in [-0.1, -0.05) is 38.1 Å². The van der Waals surface area contributed by atoms with E-state index in [1.165, 1.54) is 11.1 Å². The van der Waals surface area contributed by atoms with Gasteiger partial charge in [0.1, 0.15) is 5.75 Å². The van der Waals surface area contributed by atoms with E-state index >= 15 is 0 Å². The van der Waals surface area contributed by atoms with E-state index in [9.17, 15) is 10.2 Å². The summed E-state index contributed by atoms with van der Waals surface area (Å²) in [6, 6.07) is 16.3. The molecule has 32 heavy (non-hydrogen) atoms. The first-order valence-electron chi connectivity index (χ1n) is 11.5. The average Bonchev–Trinajstić information content (AvgIpc) is 2.85. The minimum absolute atomic E-state index is 0.0669. The van der Waals surface area contributed by atoms with Gasteiger partial charge in [0, 0.05) is 37.4 Å². The fourth-order valence-corrected chi connectivity index (χ4v) is 3.94. The van der Waals surface area contributed by atoms with Gasteiger partial charge < -0.3 is 20.3 Å². The van der Waals surface area contributed by atoms with E-state index in [1.54, 1.807) is 13.2 Å². The van der Waals surface area contributed by atoms with Gasteiger partial charge in [-0.05, 0) is 48.9 Å². The number of aliphatic hydroxyl groups excluding tert-OH is 2. The molecule has 3 N–H and O–H groups in total. The van der Waals surface area contributed by atoms with Crippen LogP contribution in [0.5, 0.6) is 5.75 Å². The molecule has 2 atom stereocenters. The molecule has 0 amide bonds. The summed E-state index contributed by atoms with van der Waals surface area (Å²) in [5.74, 6) is 0.674. The van der Waals surface area contributed by atoms with Crippen molar-refractivity contribution in [3.05, 3.63) is 59.2 Å². The molecular formula is C26H37N3O3. The predicted molar refractivity (Wildman–Crippen MR) is 129 cm³/mol. The second-order valence-electron chi connectivity index (χ2n) is 7.86. The minimum atomic E-state index is -0.283. The van der Waals surface area contributed by atoms with Gasteiger partial charge in [-0.2, -0.15) is 5.26 Å². The highest BCUT2D eigenvalue weighted by atomic mass is 16.5. The molecule has 6 heteroatoms. The topological polar surface area (TPSA) is 88.8 Å². The molecule has 1 fully saturated rings. The van der Waals surface area contributed by atoms with Crippen LogP contribution in [0.1, 0.15) is 43.4 Å². The lowest BCUT2D eigenvalue weighted by Gasteiger charge is -2.36. The summed E-state index contributed by atoms with van der Waals surface area (Å²) < 4.78 is 5.24. The molecule has 174 valence electrons. The Morgan fingerprint density at radius 1 is 1.12 bits per heavy atom. The van der Waals surface area contributed by atoms with Crippen molar-refractivity contribution in [2.24, 2.45) is 0 Å². The zero-order valence-electron chi connectivity index (χ0n) is 19.6. The van der Waals surface area contributed by atoms with Crippen molar-refractivity contribution in [3.8, 4) is 11.8 Å². The molecule has 1 aliphatic heterocycles. The van der Waals surface area contributed by atoms with Gasteiger partial charge in [0.05, 0.1) is 31.5 Å². The second kappa shape index (κ2) is 13.7. The number of aliphatic hydroxyl groups is 2. The number of likely N-dealkylation sites (tertiary alicyclic amines) is 1. The van der Waals surface area contributed by atoms with E-state index in [0.29, 0.717) is 17.7 Å². The van der Waals surface area contributed by atoms with Crippen LogP contribution < -0.4 is 10.1 Å². The van der Waals surface area contributed by atoms with Crippen LogP contribution in [0.4, 0.5) is 5.69 Å². The number of hydrogen-bond acceptors (Lipinski definition) is 6. The van der Waals surface area contributed by atoms with Crippen LogP contribution in [-0.2, 0) is 12.8 Å². The number of hydrogen-bond donors (Lipinski definition) is 3. The second-order valence-corrected chi connectivity index (χ2v) is 7.86. The van der Waals surface area contributed by atoms with Gasteiger partial charge >= 0.3 is 0 Å². The Kier molecular flexibility index (Phi) is 11.0. The molecule has 0 aliphatic carbocycles. The van der Waals surface area contributed by atoms with Crippen LogP contribution in [0.25, 0.3) is 0 Å². The first kappa shape index (κ1) is 25.7. The maximum absolute atomic E-state index is 9.78. The van der Waals surface area contributed by atoms with Crippen LogP contribution >= 0.6 is 0 Å². The van der Waals surface area contributed by atoms with Crippen molar-refractivity contribution in [1.82, 2.24) is 4.90 Å². The van der Waals surface area contributed by atoms with Crippen molar-refractivity contribution in [2.45, 2.75) is 51.7 Å². The Labute approximate surface area is 192 Å². The van der Waals surface area contributed by atoms with E-state index in [0.717, 1.165) is 44.6 Å². The average molecular weight is 440 g/mol. The van der Waals surface area contributed by atoms with Crippen molar-refractivity contribution in [2.75, 3.05) is 38.7 Å². The quantitative estimate of drug-likeness (QED) is 0.553. The highest BCUT2D eigenvalue weighted by Gasteiger charge is 2.26. The van der Waals surface area contributed by atoms with Crippen LogP contribution in [0.3, 0.4) is 0 Å². The van der Waals surface area contributed by atoms with E-state index in [2.05, 4.69) is 40.6 Å². The molecule has 6 nitrogen and oxygen atoms in total. The minimum Gasteiger partial charge on any atom is -0.497 e. The van der Waals surface area contributed by atoms with E-state index in [-0.39, 0.29) is 18.8 Å². The first-order valence-corrected chi connectivity index (χ1v) is 11.5. The molecule has 0 aromatic heterocycles. The third-order valence-corrected chi connectivity index (χ3v) is 5.75. The molecular weight excluding hydrogens is 402 g/mol. The van der Waals surface area contributed by atoms with E-state index in [4.69, 9.17) is 10.00 Å². The maximum Gasteiger partial charge on any atom is 0.122 e. The Bertz CT molecular complexity index is 848. The summed E-state index contributed by atoms with van der Waals surface area (Å²) in [5.41, 5.74) is 3.99. The predicted octanol–water partition coefficient (Wildman–Crippen LogP) is 3.61. The Balaban J connectivity index is 0.00000176. The number of benzene rings is 2. The van der Waals surface area contributed by atoms with Crippen LogP contribution in [0, 0.1) is 11.3 Å². The van der Waals surface area contributed by atoms with Gasteiger partial charge in [0.2, 0.25) is 0 Å². The van der Waals surface area contributed by atoms with Crippen molar-refractivity contribution in [1.29, 1.82) is 5.26 Å². The zero-order chi connectivity index (χ0) is 23.3. The molecule has 0 saturated carbocycles. The smallest absolute Gasteiger partial charge is 0.122 e. The number of rotatable bonds is 9. The number of nitriles is 1. The number of nitrogens with one attached hydrogen (secondary N) is 1. The number of nitrogens with zero attached hydrogens (tertiary/aromatic N) is 2. The molecule has 2 unspecified atom stereocenters. The van der Waals surface area contributed by atoms with Gasteiger partial charge in [0.25, 0.3) is 0 Å². The lowest BCUT2D eigenvalue weighted by Crippen LogP contribution is -2.47. The fraction of sp³-hybridized carbons (Fsp3) is 0.500. The monoisotopic (exact) mass is 439 g/mol. The summed E-state index contributed by atoms with van der Waals surface area (Å²) in [6.45, 7) is 6.61. The third-order valence-electron chi connectivity index (χ3n) is 5.75.